The maximum Gasteiger partial charge on any atom is 0 e. The van der Waals surface area contributed by atoms with Crippen molar-refractivity contribution in [1.82, 2.24) is 0 Å². The van der Waals surface area contributed by atoms with E-state index in [-0.39, 0.29) is 92.0 Å². The number of hydrogen-bond acceptors (Lipinski definition) is 0. The fraction of sp³-hybridized carbons (Fsp3) is 0. The molecule has 0 aromatic heterocycles. The van der Waals surface area contributed by atoms with Gasteiger partial charge in [-0.3, -0.25) is 0 Å². The summed E-state index contributed by atoms with van der Waals surface area (Å²) in [6.07, 6.45) is 0. The molecule has 0 nitrogen and oxygen atoms in total. The van der Waals surface area contributed by atoms with Crippen LogP contribution < -0.4 is 0 Å². The quantitative estimate of drug-likeness (QED) is 0.285. The summed E-state index contributed by atoms with van der Waals surface area (Å²) in [6.45, 7) is 0. The third-order valence-electron chi connectivity index (χ3n) is 0. The minimum absolute atomic E-state index is 0. The molecule has 4 heteroatoms. The van der Waals surface area contributed by atoms with Gasteiger partial charge in [-0.25, -0.2) is 0 Å². The summed E-state index contributed by atoms with van der Waals surface area (Å²) in [5.74, 6) is 0. The molecule has 0 spiro atoms. The fourth-order valence-electron chi connectivity index (χ4n) is 0. The zero-order valence-electron chi connectivity index (χ0n) is 2.01. The van der Waals surface area contributed by atoms with Crippen LogP contribution in [0.5, 0.6) is 0 Å². The van der Waals surface area contributed by atoms with Crippen molar-refractivity contribution in [1.29, 1.82) is 0 Å². The molecule has 0 rings (SSSR count). The monoisotopic (exact) mass is 670 g/mol. The van der Waals surface area contributed by atoms with E-state index < -0.39 is 0 Å². The second-order valence-corrected chi connectivity index (χ2v) is 0. The molecular weight excluding hydrogens is 667 g/mol. The second-order valence-electron chi connectivity index (χ2n) is 0. The van der Waals surface area contributed by atoms with Gasteiger partial charge in [0.15, 0.2) is 0 Å². The van der Waals surface area contributed by atoms with E-state index in [0.717, 1.165) is 0 Å². The van der Waals surface area contributed by atoms with E-state index in [0.29, 0.717) is 0 Å². The molecule has 0 bridgehead atoms. The average molecular weight is 670 g/mol. The molecule has 0 unspecified atom stereocenters. The molecule has 0 saturated heterocycles. The minimum atomic E-state index is 0. The summed E-state index contributed by atoms with van der Waals surface area (Å²) in [6, 6.07) is 0. The zero-order valence-corrected chi connectivity index (χ0v) is 15.9. The Morgan fingerprint density at radius 3 is 1.00 bits per heavy atom. The molecule has 0 N–H and O–H groups in total. The normalized spacial score (nSPS) is 0. The first-order chi connectivity index (χ1) is 0. The smallest absolute Gasteiger partial charge is 0 e. The zero-order chi connectivity index (χ0) is 0. The summed E-state index contributed by atoms with van der Waals surface area (Å²) in [4.78, 5) is 0. The van der Waals surface area contributed by atoms with Gasteiger partial charge in [0, 0.05) is 65.8 Å². The van der Waals surface area contributed by atoms with Crippen molar-refractivity contribution < 1.29 is 65.8 Å². The standard InChI is InChI=1S/Bi.Nb.Ta.W.3H. The average Bonchev–Trinajstić information content (AvgIpc) is 0. The summed E-state index contributed by atoms with van der Waals surface area (Å²) >= 11 is 0. The van der Waals surface area contributed by atoms with E-state index in [1.165, 1.54) is 0 Å². The maximum absolute atomic E-state index is 0. The third-order valence-corrected chi connectivity index (χ3v) is 0. The van der Waals surface area contributed by atoms with Gasteiger partial charge in [0.25, 0.3) is 0 Å². The Hall–Kier alpha value is 3.05. The van der Waals surface area contributed by atoms with E-state index in [1.54, 1.807) is 0 Å². The summed E-state index contributed by atoms with van der Waals surface area (Å²) in [7, 11) is 0. The van der Waals surface area contributed by atoms with Crippen LogP contribution in [0.25, 0.3) is 0 Å². The second kappa shape index (κ2) is 16.6. The van der Waals surface area contributed by atoms with Crippen molar-refractivity contribution in [2.75, 3.05) is 0 Å². The Morgan fingerprint density at radius 1 is 1.00 bits per heavy atom. The molecule has 0 aliphatic rings. The molecule has 0 aliphatic carbocycles. The molecule has 0 aliphatic heterocycles. The first-order valence-corrected chi connectivity index (χ1v) is 0. The summed E-state index contributed by atoms with van der Waals surface area (Å²) < 4.78 is 0. The van der Waals surface area contributed by atoms with Gasteiger partial charge in [0.1, 0.15) is 0 Å². The van der Waals surface area contributed by atoms with E-state index in [2.05, 4.69) is 0 Å². The van der Waals surface area contributed by atoms with Gasteiger partial charge in [-0.2, -0.15) is 0 Å². The van der Waals surface area contributed by atoms with E-state index in [9.17, 15) is 0 Å². The van der Waals surface area contributed by atoms with Crippen LogP contribution in [0, 0.1) is 0 Å². The van der Waals surface area contributed by atoms with Gasteiger partial charge in [-0.05, 0) is 0 Å². The largest absolute Gasteiger partial charge is 0 e. The van der Waals surface area contributed by atoms with Gasteiger partial charge >= 0.3 is 26.2 Å². The van der Waals surface area contributed by atoms with Crippen molar-refractivity contribution in [3.05, 3.63) is 0 Å². The molecule has 0 heterocycles. The Labute approximate surface area is 90.3 Å². The predicted molar refractivity (Wildman–Crippen MR) is 9.94 cm³/mol. The van der Waals surface area contributed by atoms with E-state index in [1.807, 2.05) is 0 Å². The Bertz CT molecular complexity index is 8.00. The maximum atomic E-state index is 0. The molecule has 0 aromatic carbocycles. The van der Waals surface area contributed by atoms with Crippen molar-refractivity contribution in [2.24, 2.45) is 0 Å². The molecule has 0 fully saturated rings. The van der Waals surface area contributed by atoms with E-state index >= 15 is 0 Å². The topological polar surface area (TPSA) is 0 Å². The van der Waals surface area contributed by atoms with Crippen molar-refractivity contribution in [3.63, 3.8) is 0 Å². The predicted octanol–water partition coefficient (Wildman–Crippen LogP) is -1.19. The van der Waals surface area contributed by atoms with Crippen LogP contribution in [-0.2, 0) is 65.8 Å². The number of rotatable bonds is 0. The van der Waals surface area contributed by atoms with Crippen molar-refractivity contribution in [3.8, 4) is 0 Å². The van der Waals surface area contributed by atoms with Crippen LogP contribution in [-0.4, -0.2) is 26.2 Å². The van der Waals surface area contributed by atoms with Gasteiger partial charge in [0.05, 0.1) is 0 Å². The Morgan fingerprint density at radius 2 is 1.00 bits per heavy atom. The van der Waals surface area contributed by atoms with Crippen molar-refractivity contribution in [2.45, 2.75) is 0 Å². The number of hydrogen-bond donors (Lipinski definition) is 0. The van der Waals surface area contributed by atoms with Crippen LogP contribution in [0.15, 0.2) is 0 Å². The fourth-order valence-corrected chi connectivity index (χ4v) is 0. The van der Waals surface area contributed by atoms with Gasteiger partial charge in [-0.15, -0.1) is 0 Å². The molecule has 0 amide bonds. The summed E-state index contributed by atoms with van der Waals surface area (Å²) in [5, 5.41) is 0. The van der Waals surface area contributed by atoms with Gasteiger partial charge in [-0.1, -0.05) is 0 Å². The van der Waals surface area contributed by atoms with Crippen LogP contribution in [0.4, 0.5) is 0 Å². The van der Waals surface area contributed by atoms with Crippen LogP contribution in [0.3, 0.4) is 0 Å². The first-order valence-electron chi connectivity index (χ1n) is 0. The molecule has 24 valence electrons. The SMILES string of the molecule is [BiH3].[Nb].[Ta].[W]. The van der Waals surface area contributed by atoms with Crippen LogP contribution in [0.2, 0.25) is 0 Å². The molecule has 2 radical (unpaired) electrons. The summed E-state index contributed by atoms with van der Waals surface area (Å²) in [5.41, 5.74) is 0. The molecule has 4 heavy (non-hydrogen) atoms. The van der Waals surface area contributed by atoms with E-state index in [4.69, 9.17) is 0 Å². The minimum Gasteiger partial charge on any atom is 0 e. The van der Waals surface area contributed by atoms with Gasteiger partial charge < -0.3 is 0 Å². The molecule has 0 aromatic rings. The molecule has 0 saturated carbocycles. The van der Waals surface area contributed by atoms with Crippen molar-refractivity contribution >= 4 is 26.2 Å². The first kappa shape index (κ1) is 27.7. The van der Waals surface area contributed by atoms with Crippen LogP contribution >= 0.6 is 0 Å². The Kier molecular flexibility index (Phi) is 115. The third kappa shape index (κ3) is 8.90. The Balaban J connectivity index is 0. The molecule has 0 atom stereocenters. The van der Waals surface area contributed by atoms with Crippen LogP contribution in [0.1, 0.15) is 0 Å². The molecular formula is H3BiNbTaW. The van der Waals surface area contributed by atoms with Gasteiger partial charge in [0.2, 0.25) is 0 Å².